The van der Waals surface area contributed by atoms with E-state index in [1.54, 1.807) is 6.07 Å². The summed E-state index contributed by atoms with van der Waals surface area (Å²) >= 11 is 0. The SMILES string of the molecule is C=Cc1cc(OC)c(C#N)c(OC)c1C#N. The van der Waals surface area contributed by atoms with Crippen molar-refractivity contribution in [2.75, 3.05) is 14.2 Å². The summed E-state index contributed by atoms with van der Waals surface area (Å²) < 4.78 is 10.1. The van der Waals surface area contributed by atoms with Gasteiger partial charge in [-0.1, -0.05) is 12.7 Å². The Morgan fingerprint density at radius 1 is 1.19 bits per heavy atom. The van der Waals surface area contributed by atoms with Gasteiger partial charge in [0.1, 0.15) is 29.0 Å². The van der Waals surface area contributed by atoms with Crippen molar-refractivity contribution >= 4 is 6.08 Å². The number of ether oxygens (including phenoxy) is 2. The molecule has 0 atom stereocenters. The zero-order valence-corrected chi connectivity index (χ0v) is 9.07. The molecule has 0 heterocycles. The van der Waals surface area contributed by atoms with E-state index in [0.717, 1.165) is 0 Å². The van der Waals surface area contributed by atoms with Gasteiger partial charge in [0.15, 0.2) is 5.75 Å². The van der Waals surface area contributed by atoms with Crippen LogP contribution in [0.5, 0.6) is 11.5 Å². The lowest BCUT2D eigenvalue weighted by atomic mass is 10.0. The summed E-state index contributed by atoms with van der Waals surface area (Å²) in [5.41, 5.74) is 1.08. The Hall–Kier alpha value is -2.46. The van der Waals surface area contributed by atoms with Crippen LogP contribution in [0.25, 0.3) is 6.08 Å². The highest BCUT2D eigenvalue weighted by molar-refractivity contribution is 5.70. The quantitative estimate of drug-likeness (QED) is 0.772. The Balaban J connectivity index is 3.71. The van der Waals surface area contributed by atoms with E-state index < -0.39 is 0 Å². The van der Waals surface area contributed by atoms with Crippen molar-refractivity contribution in [3.05, 3.63) is 29.3 Å². The molecule has 0 aliphatic carbocycles. The molecule has 4 nitrogen and oxygen atoms in total. The van der Waals surface area contributed by atoms with Crippen molar-refractivity contribution in [2.24, 2.45) is 0 Å². The lowest BCUT2D eigenvalue weighted by Crippen LogP contribution is -1.98. The molecule has 1 rings (SSSR count). The van der Waals surface area contributed by atoms with Crippen LogP contribution in [0.4, 0.5) is 0 Å². The zero-order chi connectivity index (χ0) is 12.1. The fourth-order valence-electron chi connectivity index (χ4n) is 1.40. The van der Waals surface area contributed by atoms with E-state index in [4.69, 9.17) is 20.0 Å². The van der Waals surface area contributed by atoms with Gasteiger partial charge in [-0.3, -0.25) is 0 Å². The Kier molecular flexibility index (Phi) is 3.53. The molecule has 0 N–H and O–H groups in total. The molecule has 16 heavy (non-hydrogen) atoms. The highest BCUT2D eigenvalue weighted by Crippen LogP contribution is 2.34. The van der Waals surface area contributed by atoms with E-state index in [1.807, 2.05) is 12.1 Å². The van der Waals surface area contributed by atoms with Gasteiger partial charge in [0.2, 0.25) is 0 Å². The van der Waals surface area contributed by atoms with Crippen LogP contribution in [0.15, 0.2) is 12.6 Å². The third-order valence-corrected chi connectivity index (χ3v) is 2.14. The van der Waals surface area contributed by atoms with E-state index in [2.05, 4.69) is 6.58 Å². The Morgan fingerprint density at radius 3 is 2.19 bits per heavy atom. The number of nitrogens with zero attached hydrogens (tertiary/aromatic N) is 2. The first-order valence-corrected chi connectivity index (χ1v) is 4.45. The summed E-state index contributed by atoms with van der Waals surface area (Å²) in [6.07, 6.45) is 1.52. The van der Waals surface area contributed by atoms with E-state index in [1.165, 1.54) is 20.3 Å². The molecule has 0 saturated heterocycles. The standard InChI is InChI=1S/C12H10N2O2/c1-4-8-5-11(15-2)10(7-14)12(16-3)9(8)6-13/h4-5H,1H2,2-3H3. The predicted molar refractivity (Wildman–Crippen MR) is 59.1 cm³/mol. The predicted octanol–water partition coefficient (Wildman–Crippen LogP) is 2.09. The molecular formula is C12H10N2O2. The van der Waals surface area contributed by atoms with E-state index >= 15 is 0 Å². The van der Waals surface area contributed by atoms with Crippen LogP contribution in [0, 0.1) is 22.7 Å². The molecule has 0 aliphatic rings. The third-order valence-electron chi connectivity index (χ3n) is 2.14. The van der Waals surface area contributed by atoms with Crippen molar-refractivity contribution in [1.29, 1.82) is 10.5 Å². The summed E-state index contributed by atoms with van der Waals surface area (Å²) in [5, 5.41) is 18.0. The average molecular weight is 214 g/mol. The van der Waals surface area contributed by atoms with Crippen LogP contribution in [0.2, 0.25) is 0 Å². The van der Waals surface area contributed by atoms with Crippen molar-refractivity contribution < 1.29 is 9.47 Å². The highest BCUT2D eigenvalue weighted by Gasteiger charge is 2.17. The van der Waals surface area contributed by atoms with Crippen LogP contribution in [0.3, 0.4) is 0 Å². The topological polar surface area (TPSA) is 66.0 Å². The molecule has 4 heteroatoms. The number of methoxy groups -OCH3 is 2. The van der Waals surface area contributed by atoms with Crippen LogP contribution in [0.1, 0.15) is 16.7 Å². The molecule has 0 aromatic heterocycles. The van der Waals surface area contributed by atoms with E-state index in [0.29, 0.717) is 11.3 Å². The van der Waals surface area contributed by atoms with Gasteiger partial charge in [-0.15, -0.1) is 0 Å². The monoisotopic (exact) mass is 214 g/mol. The maximum Gasteiger partial charge on any atom is 0.158 e. The van der Waals surface area contributed by atoms with Crippen molar-refractivity contribution in [3.63, 3.8) is 0 Å². The fraction of sp³-hybridized carbons (Fsp3) is 0.167. The molecule has 1 aromatic rings. The summed E-state index contributed by atoms with van der Waals surface area (Å²) in [6, 6.07) is 5.54. The van der Waals surface area contributed by atoms with E-state index in [9.17, 15) is 0 Å². The molecule has 1 aromatic carbocycles. The number of hydrogen-bond acceptors (Lipinski definition) is 4. The van der Waals surface area contributed by atoms with Gasteiger partial charge in [0, 0.05) is 0 Å². The fourth-order valence-corrected chi connectivity index (χ4v) is 1.40. The van der Waals surface area contributed by atoms with Gasteiger partial charge < -0.3 is 9.47 Å². The van der Waals surface area contributed by atoms with Crippen molar-refractivity contribution in [3.8, 4) is 23.6 Å². The van der Waals surface area contributed by atoms with Gasteiger partial charge in [0.25, 0.3) is 0 Å². The normalized spacial score (nSPS) is 8.75. The Morgan fingerprint density at radius 2 is 1.81 bits per heavy atom. The lowest BCUT2D eigenvalue weighted by molar-refractivity contribution is 0.391. The average Bonchev–Trinajstić information content (AvgIpc) is 2.35. The molecule has 0 spiro atoms. The Labute approximate surface area is 93.9 Å². The van der Waals surface area contributed by atoms with Gasteiger partial charge in [-0.25, -0.2) is 0 Å². The maximum absolute atomic E-state index is 9.02. The van der Waals surface area contributed by atoms with Crippen molar-refractivity contribution in [1.82, 2.24) is 0 Å². The van der Waals surface area contributed by atoms with Gasteiger partial charge >= 0.3 is 0 Å². The number of rotatable bonds is 3. The molecule has 0 bridgehead atoms. The molecular weight excluding hydrogens is 204 g/mol. The summed E-state index contributed by atoms with van der Waals surface area (Å²) in [4.78, 5) is 0. The lowest BCUT2D eigenvalue weighted by Gasteiger charge is -2.11. The summed E-state index contributed by atoms with van der Waals surface area (Å²) in [6.45, 7) is 3.60. The minimum atomic E-state index is 0.215. The number of benzene rings is 1. The second-order valence-corrected chi connectivity index (χ2v) is 2.88. The van der Waals surface area contributed by atoms with Gasteiger partial charge in [0.05, 0.1) is 14.2 Å². The molecule has 0 amide bonds. The minimum absolute atomic E-state index is 0.215. The minimum Gasteiger partial charge on any atom is -0.495 e. The largest absolute Gasteiger partial charge is 0.495 e. The number of nitriles is 2. The van der Waals surface area contributed by atoms with E-state index in [-0.39, 0.29) is 16.9 Å². The summed E-state index contributed by atoms with van der Waals surface area (Å²) in [7, 11) is 2.86. The molecule has 0 unspecified atom stereocenters. The first-order chi connectivity index (χ1) is 7.73. The van der Waals surface area contributed by atoms with Crippen LogP contribution < -0.4 is 9.47 Å². The van der Waals surface area contributed by atoms with Crippen LogP contribution >= 0.6 is 0 Å². The van der Waals surface area contributed by atoms with Crippen molar-refractivity contribution in [2.45, 2.75) is 0 Å². The number of hydrogen-bond donors (Lipinski definition) is 0. The second kappa shape index (κ2) is 4.86. The first kappa shape index (κ1) is 11.6. The molecule has 0 aliphatic heterocycles. The third kappa shape index (κ3) is 1.69. The van der Waals surface area contributed by atoms with Gasteiger partial charge in [-0.2, -0.15) is 10.5 Å². The maximum atomic E-state index is 9.02. The molecule has 0 fully saturated rings. The highest BCUT2D eigenvalue weighted by atomic mass is 16.5. The zero-order valence-electron chi connectivity index (χ0n) is 9.07. The smallest absolute Gasteiger partial charge is 0.158 e. The second-order valence-electron chi connectivity index (χ2n) is 2.88. The van der Waals surface area contributed by atoms with Crippen LogP contribution in [-0.2, 0) is 0 Å². The Bertz CT molecular complexity index is 507. The van der Waals surface area contributed by atoms with Crippen LogP contribution in [-0.4, -0.2) is 14.2 Å². The summed E-state index contributed by atoms with van der Waals surface area (Å²) in [5.74, 6) is 0.590. The molecule has 0 radical (unpaired) electrons. The van der Waals surface area contributed by atoms with Gasteiger partial charge in [-0.05, 0) is 11.6 Å². The molecule has 80 valence electrons. The first-order valence-electron chi connectivity index (χ1n) is 4.45. The molecule has 0 saturated carbocycles.